The minimum absolute atomic E-state index is 0.351. The molecule has 1 aliphatic heterocycles. The highest BCUT2D eigenvalue weighted by Gasteiger charge is 2.20. The Labute approximate surface area is 49.2 Å². The van der Waals surface area contributed by atoms with Gasteiger partial charge in [-0.2, -0.15) is 0 Å². The molecule has 0 spiro atoms. The van der Waals surface area contributed by atoms with Crippen molar-refractivity contribution in [3.63, 3.8) is 0 Å². The largest absolute Gasteiger partial charge is 0.481 e. The fourth-order valence-electron chi connectivity index (χ4n) is 0.745. The maximum atomic E-state index is 5.18. The van der Waals surface area contributed by atoms with E-state index in [4.69, 9.17) is 9.16 Å². The lowest BCUT2D eigenvalue weighted by Crippen LogP contribution is -2.21. The Morgan fingerprint density at radius 2 is 2.50 bits per heavy atom. The van der Waals surface area contributed by atoms with Crippen molar-refractivity contribution in [1.82, 2.24) is 0 Å². The Bertz CT molecular complexity index is 107. The SMILES string of the molecule is CC1=[O+]CCC(C)O1. The van der Waals surface area contributed by atoms with Gasteiger partial charge < -0.3 is 9.16 Å². The van der Waals surface area contributed by atoms with Crippen molar-refractivity contribution in [3.05, 3.63) is 0 Å². The van der Waals surface area contributed by atoms with Gasteiger partial charge in [0.15, 0.2) is 12.7 Å². The summed E-state index contributed by atoms with van der Waals surface area (Å²) in [6.07, 6.45) is 1.36. The second-order valence-electron chi connectivity index (χ2n) is 2.06. The highest BCUT2D eigenvalue weighted by Crippen LogP contribution is 2.01. The third-order valence-corrected chi connectivity index (χ3v) is 1.20. The zero-order valence-electron chi connectivity index (χ0n) is 5.31. The zero-order valence-corrected chi connectivity index (χ0v) is 5.31. The second kappa shape index (κ2) is 2.16. The summed E-state index contributed by atoms with van der Waals surface area (Å²) >= 11 is 0. The van der Waals surface area contributed by atoms with Gasteiger partial charge in [-0.3, -0.25) is 0 Å². The van der Waals surface area contributed by atoms with E-state index in [0.29, 0.717) is 12.1 Å². The fourth-order valence-corrected chi connectivity index (χ4v) is 0.745. The summed E-state index contributed by atoms with van der Waals surface area (Å²) in [6, 6.07) is 0. The summed E-state index contributed by atoms with van der Waals surface area (Å²) in [6.45, 7) is 4.70. The van der Waals surface area contributed by atoms with E-state index in [0.717, 1.165) is 13.0 Å². The lowest BCUT2D eigenvalue weighted by molar-refractivity contribution is -0.481. The molecule has 0 fully saturated rings. The highest BCUT2D eigenvalue weighted by atomic mass is 16.6. The Hall–Kier alpha value is -0.530. The van der Waals surface area contributed by atoms with E-state index in [1.54, 1.807) is 0 Å². The Morgan fingerprint density at radius 3 is 2.88 bits per heavy atom. The lowest BCUT2D eigenvalue weighted by atomic mass is 10.3. The van der Waals surface area contributed by atoms with Gasteiger partial charge >= 0.3 is 5.97 Å². The van der Waals surface area contributed by atoms with Gasteiger partial charge in [0.2, 0.25) is 0 Å². The fraction of sp³-hybridized carbons (Fsp3) is 0.833. The van der Waals surface area contributed by atoms with Gasteiger partial charge in [0, 0.05) is 0 Å². The van der Waals surface area contributed by atoms with Crippen molar-refractivity contribution in [2.75, 3.05) is 6.61 Å². The second-order valence-corrected chi connectivity index (χ2v) is 2.06. The molecular weight excluding hydrogens is 104 g/mol. The van der Waals surface area contributed by atoms with E-state index in [1.807, 2.05) is 13.8 Å². The molecule has 8 heavy (non-hydrogen) atoms. The molecule has 0 N–H and O–H groups in total. The predicted octanol–water partition coefficient (Wildman–Crippen LogP) is 0.877. The van der Waals surface area contributed by atoms with Gasteiger partial charge in [0.25, 0.3) is 0 Å². The van der Waals surface area contributed by atoms with Crippen LogP contribution in [0.15, 0.2) is 0 Å². The first-order valence-corrected chi connectivity index (χ1v) is 2.92. The monoisotopic (exact) mass is 115 g/mol. The minimum Gasteiger partial charge on any atom is -0.322 e. The summed E-state index contributed by atoms with van der Waals surface area (Å²) in [5.74, 6) is 0.712. The summed E-state index contributed by atoms with van der Waals surface area (Å²) in [5, 5.41) is 0. The van der Waals surface area contributed by atoms with Crippen molar-refractivity contribution >= 4 is 5.97 Å². The molecule has 0 radical (unpaired) electrons. The van der Waals surface area contributed by atoms with Crippen LogP contribution in [0.5, 0.6) is 0 Å². The van der Waals surface area contributed by atoms with E-state index in [-0.39, 0.29) is 0 Å². The molecule has 0 amide bonds. The van der Waals surface area contributed by atoms with Crippen molar-refractivity contribution in [1.29, 1.82) is 0 Å². The Balaban J connectivity index is 2.45. The van der Waals surface area contributed by atoms with Crippen LogP contribution in [-0.2, 0) is 9.16 Å². The number of rotatable bonds is 0. The molecule has 0 aromatic carbocycles. The molecule has 0 saturated heterocycles. The zero-order chi connectivity index (χ0) is 5.98. The maximum absolute atomic E-state index is 5.18. The highest BCUT2D eigenvalue weighted by molar-refractivity contribution is 5.66. The standard InChI is InChI=1S/C6H11O2/c1-5-3-4-7-6(2)8-5/h5H,3-4H2,1-2H3/q+1. The average molecular weight is 115 g/mol. The van der Waals surface area contributed by atoms with Gasteiger partial charge in [0.1, 0.15) is 0 Å². The van der Waals surface area contributed by atoms with Crippen LogP contribution in [0.3, 0.4) is 0 Å². The van der Waals surface area contributed by atoms with E-state index in [9.17, 15) is 0 Å². The quantitative estimate of drug-likeness (QED) is 0.339. The van der Waals surface area contributed by atoms with Crippen molar-refractivity contribution in [2.24, 2.45) is 0 Å². The number of ether oxygens (including phenoxy) is 1. The van der Waals surface area contributed by atoms with Crippen LogP contribution < -0.4 is 0 Å². The number of esters is 1. The first-order chi connectivity index (χ1) is 3.79. The summed E-state index contributed by atoms with van der Waals surface area (Å²) < 4.78 is 10.2. The van der Waals surface area contributed by atoms with E-state index < -0.39 is 0 Å². The molecule has 0 bridgehead atoms. The van der Waals surface area contributed by atoms with Crippen LogP contribution in [0.4, 0.5) is 0 Å². The lowest BCUT2D eigenvalue weighted by Gasteiger charge is -2.05. The minimum atomic E-state index is 0.351. The third-order valence-electron chi connectivity index (χ3n) is 1.20. The molecule has 1 atom stereocenters. The van der Waals surface area contributed by atoms with Gasteiger partial charge in [-0.1, -0.05) is 0 Å². The number of hydrogen-bond donors (Lipinski definition) is 0. The molecule has 1 aliphatic rings. The Kier molecular flexibility index (Phi) is 1.51. The molecule has 0 aliphatic carbocycles. The van der Waals surface area contributed by atoms with Crippen LogP contribution in [0.1, 0.15) is 20.3 Å². The number of carbonyl (C=O) groups excluding carboxylic acids is 1. The van der Waals surface area contributed by atoms with Gasteiger partial charge in [-0.15, -0.1) is 0 Å². The topological polar surface area (TPSA) is 20.5 Å². The first kappa shape index (κ1) is 5.60. The number of hydrogen-bond acceptors (Lipinski definition) is 1. The molecular formula is C6H11O2+. The molecule has 1 unspecified atom stereocenters. The van der Waals surface area contributed by atoms with Crippen LogP contribution in [-0.4, -0.2) is 18.7 Å². The van der Waals surface area contributed by atoms with Crippen molar-refractivity contribution < 1.29 is 9.16 Å². The van der Waals surface area contributed by atoms with E-state index in [1.165, 1.54) is 0 Å². The van der Waals surface area contributed by atoms with E-state index >= 15 is 0 Å². The van der Waals surface area contributed by atoms with Gasteiger partial charge in [-0.25, -0.2) is 0 Å². The summed E-state index contributed by atoms with van der Waals surface area (Å²) in [7, 11) is 0. The van der Waals surface area contributed by atoms with Crippen LogP contribution in [0.2, 0.25) is 0 Å². The Morgan fingerprint density at radius 1 is 1.75 bits per heavy atom. The molecule has 1 heterocycles. The van der Waals surface area contributed by atoms with Gasteiger partial charge in [0.05, 0.1) is 13.3 Å². The van der Waals surface area contributed by atoms with E-state index in [2.05, 4.69) is 0 Å². The first-order valence-electron chi connectivity index (χ1n) is 2.92. The molecule has 0 saturated carbocycles. The average Bonchev–Trinajstić information content (AvgIpc) is 1.64. The summed E-state index contributed by atoms with van der Waals surface area (Å²) in [4.78, 5) is 0. The smallest absolute Gasteiger partial charge is 0.322 e. The summed E-state index contributed by atoms with van der Waals surface area (Å²) in [5.41, 5.74) is 0. The molecule has 0 aromatic heterocycles. The maximum Gasteiger partial charge on any atom is 0.481 e. The molecule has 46 valence electrons. The number of cyclic esters (lactones) is 1. The molecule has 0 aromatic rings. The third kappa shape index (κ3) is 1.22. The molecule has 1 rings (SSSR count). The van der Waals surface area contributed by atoms with Crippen LogP contribution in [0.25, 0.3) is 0 Å². The molecule has 2 nitrogen and oxygen atoms in total. The molecule has 2 heteroatoms. The van der Waals surface area contributed by atoms with Crippen molar-refractivity contribution in [3.8, 4) is 0 Å². The van der Waals surface area contributed by atoms with Crippen LogP contribution >= 0.6 is 0 Å². The predicted molar refractivity (Wildman–Crippen MR) is 30.7 cm³/mol. The van der Waals surface area contributed by atoms with Crippen molar-refractivity contribution in [2.45, 2.75) is 26.4 Å². The van der Waals surface area contributed by atoms with Gasteiger partial charge in [-0.05, 0) is 6.92 Å². The van der Waals surface area contributed by atoms with Crippen LogP contribution in [0, 0.1) is 0 Å². The normalized spacial score (nSPS) is 28.8.